The van der Waals surface area contributed by atoms with Gasteiger partial charge in [0.1, 0.15) is 18.5 Å². The molecule has 0 spiro atoms. The van der Waals surface area contributed by atoms with Gasteiger partial charge in [-0.2, -0.15) is 0 Å². The number of esters is 1. The number of carboxylic acids is 1. The molecule has 0 unspecified atom stereocenters. The molecule has 354 valence electrons. The lowest BCUT2D eigenvalue weighted by molar-refractivity contribution is -0.238. The third-order valence-corrected chi connectivity index (χ3v) is 19.8. The fourth-order valence-electron chi connectivity index (χ4n) is 15.6. The normalized spacial score (nSPS) is 38.2. The summed E-state index contributed by atoms with van der Waals surface area (Å²) in [6, 6.07) is 5.01. The zero-order chi connectivity index (χ0) is 46.4. The summed E-state index contributed by atoms with van der Waals surface area (Å²) < 4.78 is 18.0. The van der Waals surface area contributed by atoms with E-state index in [0.717, 1.165) is 69.2 Å². The van der Waals surface area contributed by atoms with E-state index in [0.29, 0.717) is 67.4 Å². The molecule has 12 heteroatoms. The van der Waals surface area contributed by atoms with E-state index in [9.17, 15) is 29.4 Å². The van der Waals surface area contributed by atoms with Gasteiger partial charge < -0.3 is 29.7 Å². The van der Waals surface area contributed by atoms with Gasteiger partial charge in [0, 0.05) is 48.5 Å². The van der Waals surface area contributed by atoms with Gasteiger partial charge in [-0.1, -0.05) is 79.5 Å². The zero-order valence-electron chi connectivity index (χ0n) is 39.9. The predicted octanol–water partition coefficient (Wildman–Crippen LogP) is 8.78. The third kappa shape index (κ3) is 7.47. The van der Waals surface area contributed by atoms with E-state index in [1.165, 1.54) is 0 Å². The number of fused-ring (bicyclic) bond motifs is 7. The van der Waals surface area contributed by atoms with Crippen LogP contribution in [0.3, 0.4) is 0 Å². The maximum atomic E-state index is 14.3. The lowest BCUT2D eigenvalue weighted by Gasteiger charge is -2.72. The van der Waals surface area contributed by atoms with Gasteiger partial charge in [-0.3, -0.25) is 24.1 Å². The van der Waals surface area contributed by atoms with Crippen LogP contribution in [0.5, 0.6) is 5.75 Å². The standard InChI is InChI=1S/C52H75ClN2O9/c1-30(2)42-36(56)28-52(40(57)29-54-44(58)32-11-10-31(53)26-37(32)63-25-22-55-20-23-62-24-21-55)19-18-50(8)33(43(42)52)12-13-39-49(7)16-15-41(48(5,6)38(49)14-17-51(39,50)9)64-46(61)35-27-34(45(59)60)47(35,3)4/h10-11,26,30,33-35,38-41,57H,12-25,27-29H2,1-9H3,(H,54,58)(H,59,60)/t33-,34+,35-,38+,39-,40+,41+,49+,50-,51-,52+/m1/s1. The molecule has 1 aliphatic heterocycles. The molecule has 6 fully saturated rings. The molecule has 8 rings (SSSR count). The Labute approximate surface area is 386 Å². The van der Waals surface area contributed by atoms with Gasteiger partial charge in [0.05, 0.1) is 36.7 Å². The van der Waals surface area contributed by atoms with E-state index in [-0.39, 0.29) is 70.2 Å². The Morgan fingerprint density at radius 3 is 2.30 bits per heavy atom. The maximum Gasteiger partial charge on any atom is 0.309 e. The van der Waals surface area contributed by atoms with Gasteiger partial charge >= 0.3 is 11.9 Å². The second-order valence-electron chi connectivity index (χ2n) is 23.3. The monoisotopic (exact) mass is 907 g/mol. The number of Topliss-reactive ketones (excluding diaryl/α,β-unsaturated/α-hetero) is 1. The van der Waals surface area contributed by atoms with Crippen molar-refractivity contribution in [3.63, 3.8) is 0 Å². The minimum absolute atomic E-state index is 0.0119. The first-order valence-electron chi connectivity index (χ1n) is 24.4. The summed E-state index contributed by atoms with van der Waals surface area (Å²) in [6.45, 7) is 24.3. The molecule has 1 saturated heterocycles. The molecule has 5 saturated carbocycles. The number of aliphatic hydroxyl groups excluding tert-OH is 1. The van der Waals surface area contributed by atoms with E-state index in [2.05, 4.69) is 58.7 Å². The zero-order valence-corrected chi connectivity index (χ0v) is 40.7. The number of nitrogens with zero attached hydrogens (tertiary/aromatic N) is 1. The highest BCUT2D eigenvalue weighted by Gasteiger charge is 2.71. The number of ketones is 1. The molecule has 0 radical (unpaired) electrons. The minimum atomic E-state index is -0.952. The molecule has 6 aliphatic carbocycles. The molecular weight excluding hydrogens is 832 g/mol. The van der Waals surface area contributed by atoms with Crippen LogP contribution in [-0.4, -0.2) is 96.9 Å². The number of hydrogen-bond acceptors (Lipinski definition) is 9. The predicted molar refractivity (Wildman–Crippen MR) is 245 cm³/mol. The van der Waals surface area contributed by atoms with Crippen molar-refractivity contribution in [1.82, 2.24) is 10.2 Å². The van der Waals surface area contributed by atoms with Crippen LogP contribution in [0.15, 0.2) is 29.3 Å². The van der Waals surface area contributed by atoms with Crippen molar-refractivity contribution in [3.05, 3.63) is 39.9 Å². The molecule has 0 bridgehead atoms. The van der Waals surface area contributed by atoms with Gasteiger partial charge in [-0.15, -0.1) is 0 Å². The average Bonchev–Trinajstić information content (AvgIpc) is 3.54. The van der Waals surface area contributed by atoms with Crippen molar-refractivity contribution < 1.29 is 43.6 Å². The van der Waals surface area contributed by atoms with Crippen LogP contribution in [0.25, 0.3) is 0 Å². The molecule has 1 heterocycles. The van der Waals surface area contributed by atoms with E-state index in [1.54, 1.807) is 18.2 Å². The fourth-order valence-corrected chi connectivity index (χ4v) is 15.8. The highest BCUT2D eigenvalue weighted by molar-refractivity contribution is 6.30. The Morgan fingerprint density at radius 2 is 1.62 bits per heavy atom. The number of carbonyl (C=O) groups excluding carboxylic acids is 3. The van der Waals surface area contributed by atoms with Crippen LogP contribution >= 0.6 is 11.6 Å². The van der Waals surface area contributed by atoms with Crippen LogP contribution in [0.4, 0.5) is 0 Å². The third-order valence-electron chi connectivity index (χ3n) is 19.6. The summed E-state index contributed by atoms with van der Waals surface area (Å²) >= 11 is 6.38. The summed E-state index contributed by atoms with van der Waals surface area (Å²) in [6.07, 6.45) is 6.73. The Bertz CT molecular complexity index is 2060. The number of nitrogens with one attached hydrogen (secondary N) is 1. The van der Waals surface area contributed by atoms with Crippen molar-refractivity contribution in [2.45, 2.75) is 139 Å². The van der Waals surface area contributed by atoms with Crippen molar-refractivity contribution in [2.75, 3.05) is 46.0 Å². The van der Waals surface area contributed by atoms with E-state index < -0.39 is 34.7 Å². The van der Waals surface area contributed by atoms with Crippen LogP contribution in [0, 0.1) is 68.0 Å². The van der Waals surface area contributed by atoms with Gasteiger partial charge in [0.2, 0.25) is 0 Å². The molecule has 11 atom stereocenters. The molecule has 0 aromatic heterocycles. The van der Waals surface area contributed by atoms with E-state index in [4.69, 9.17) is 25.8 Å². The number of carbonyl (C=O) groups is 4. The average molecular weight is 908 g/mol. The highest BCUT2D eigenvalue weighted by atomic mass is 35.5. The van der Waals surface area contributed by atoms with E-state index in [1.807, 2.05) is 13.8 Å². The number of carboxylic acid groups (broad SMARTS) is 1. The largest absolute Gasteiger partial charge is 0.491 e. The molecule has 11 nitrogen and oxygen atoms in total. The number of hydrogen-bond donors (Lipinski definition) is 3. The first kappa shape index (κ1) is 47.5. The molecule has 7 aliphatic rings. The highest BCUT2D eigenvalue weighted by Crippen LogP contribution is 2.77. The fraction of sp³-hybridized carbons (Fsp3) is 0.769. The molecular formula is C52H75ClN2O9. The molecule has 3 N–H and O–H groups in total. The summed E-state index contributed by atoms with van der Waals surface area (Å²) in [4.78, 5) is 56.0. The Hall–Kier alpha value is -2.99. The maximum absolute atomic E-state index is 14.3. The first-order chi connectivity index (χ1) is 30.0. The molecule has 64 heavy (non-hydrogen) atoms. The summed E-state index contributed by atoms with van der Waals surface area (Å²) in [5, 5.41) is 25.7. The molecule has 1 aromatic carbocycles. The van der Waals surface area contributed by atoms with Gasteiger partial charge in [0.15, 0.2) is 5.78 Å². The number of aliphatic carboxylic acids is 1. The smallest absolute Gasteiger partial charge is 0.309 e. The number of morpholine rings is 1. The van der Waals surface area contributed by atoms with Crippen LogP contribution in [-0.2, 0) is 23.9 Å². The van der Waals surface area contributed by atoms with Crippen molar-refractivity contribution >= 4 is 35.2 Å². The van der Waals surface area contributed by atoms with Crippen LogP contribution in [0.1, 0.15) is 137 Å². The number of aliphatic hydroxyl groups is 1. The molecule has 1 aromatic rings. The number of allylic oxidation sites excluding steroid dienone is 1. The van der Waals surface area contributed by atoms with Gasteiger partial charge in [0.25, 0.3) is 5.91 Å². The minimum Gasteiger partial charge on any atom is -0.491 e. The summed E-state index contributed by atoms with van der Waals surface area (Å²) in [5.74, 6) is -0.933. The van der Waals surface area contributed by atoms with Crippen LogP contribution in [0.2, 0.25) is 5.02 Å². The Balaban J connectivity index is 0.994. The van der Waals surface area contributed by atoms with Crippen LogP contribution < -0.4 is 10.1 Å². The van der Waals surface area contributed by atoms with Crippen molar-refractivity contribution in [1.29, 1.82) is 0 Å². The quantitative estimate of drug-likeness (QED) is 0.174. The van der Waals surface area contributed by atoms with Gasteiger partial charge in [-0.25, -0.2) is 0 Å². The summed E-state index contributed by atoms with van der Waals surface area (Å²) in [5.41, 5.74) is 0.647. The second-order valence-corrected chi connectivity index (χ2v) is 23.7. The number of benzene rings is 1. The number of halogens is 1. The topological polar surface area (TPSA) is 152 Å². The number of rotatable bonds is 12. The van der Waals surface area contributed by atoms with Crippen molar-refractivity contribution in [2.24, 2.45) is 68.0 Å². The van der Waals surface area contributed by atoms with E-state index >= 15 is 0 Å². The van der Waals surface area contributed by atoms with Gasteiger partial charge in [-0.05, 0) is 127 Å². The first-order valence-corrected chi connectivity index (χ1v) is 24.8. The summed E-state index contributed by atoms with van der Waals surface area (Å²) in [7, 11) is 0. The van der Waals surface area contributed by atoms with Crippen molar-refractivity contribution in [3.8, 4) is 5.75 Å². The Kier molecular flexibility index (Phi) is 12.6. The lowest BCUT2D eigenvalue weighted by Crippen LogP contribution is -2.66. The Morgan fingerprint density at radius 1 is 0.906 bits per heavy atom. The second kappa shape index (κ2) is 17.0. The number of amides is 1. The molecule has 1 amide bonds. The SMILES string of the molecule is CC(C)C1=C2[C@H]3CC[C@@H]4[C@@]5(C)CC[C@H](OC(=O)[C@H]6C[C@@H](C(=O)O)C6(C)C)C(C)(C)[C@@H]5CC[C@@]4(C)[C@]3(C)CC[C@@]2([C@@H](O)CNC(=O)c2ccc(Cl)cc2OCCN2CCOCC2)CC1=O. The number of ether oxygens (including phenoxy) is 3. The lowest BCUT2D eigenvalue weighted by atomic mass is 9.33.